The van der Waals surface area contributed by atoms with Gasteiger partial charge in [0.05, 0.1) is 27.0 Å². The summed E-state index contributed by atoms with van der Waals surface area (Å²) in [6, 6.07) is 11.5. The van der Waals surface area contributed by atoms with Gasteiger partial charge in [0.1, 0.15) is 22.9 Å². The molecule has 0 radical (unpaired) electrons. The molecule has 1 aromatic heterocycles. The summed E-state index contributed by atoms with van der Waals surface area (Å²) in [6.45, 7) is 1.23. The second kappa shape index (κ2) is 8.62. The van der Waals surface area contributed by atoms with Crippen molar-refractivity contribution in [2.75, 3.05) is 33.2 Å². The average molecular weight is 426 g/mol. The molecule has 0 saturated carbocycles. The number of ether oxygens (including phenoxy) is 3. The molecule has 0 unspecified atom stereocenters. The van der Waals surface area contributed by atoms with Crippen LogP contribution in [0.3, 0.4) is 0 Å². The number of methoxy groups -OCH3 is 3. The van der Waals surface area contributed by atoms with Crippen LogP contribution in [-0.4, -0.2) is 43.7 Å². The van der Waals surface area contributed by atoms with Gasteiger partial charge < -0.3 is 24.4 Å². The summed E-state index contributed by atoms with van der Waals surface area (Å²) in [5.74, 6) is 2.12. The Labute approximate surface area is 179 Å². The minimum absolute atomic E-state index is 0.0672. The fourth-order valence-corrected chi connectivity index (χ4v) is 4.13. The lowest BCUT2D eigenvalue weighted by molar-refractivity contribution is 0.0729. The zero-order valence-electron chi connectivity index (χ0n) is 17.1. The number of hydrogen-bond donors (Lipinski definition) is 1. The molecule has 0 spiro atoms. The number of fused-ring (bicyclic) bond motifs is 1. The minimum atomic E-state index is -0.0672. The number of aromatic nitrogens is 1. The lowest BCUT2D eigenvalue weighted by Gasteiger charge is -2.28. The topological polar surface area (TPSA) is 72.9 Å². The third-order valence-corrected chi connectivity index (χ3v) is 5.84. The maximum atomic E-state index is 13.0. The molecule has 156 valence electrons. The second-order valence-electron chi connectivity index (χ2n) is 6.84. The van der Waals surface area contributed by atoms with Crippen molar-refractivity contribution in [3.05, 3.63) is 58.6 Å². The van der Waals surface area contributed by atoms with Gasteiger partial charge in [-0.3, -0.25) is 4.79 Å². The molecular formula is C22H23N3O4S. The summed E-state index contributed by atoms with van der Waals surface area (Å²) >= 11 is 1.38. The van der Waals surface area contributed by atoms with Crippen LogP contribution in [0.25, 0.3) is 0 Å². The number of thiazole rings is 1. The highest BCUT2D eigenvalue weighted by atomic mass is 32.1. The quantitative estimate of drug-likeness (QED) is 0.641. The van der Waals surface area contributed by atoms with Crippen molar-refractivity contribution in [1.82, 2.24) is 9.88 Å². The first-order chi connectivity index (χ1) is 14.6. The van der Waals surface area contributed by atoms with E-state index in [2.05, 4.69) is 10.3 Å². The van der Waals surface area contributed by atoms with Crippen molar-refractivity contribution in [1.29, 1.82) is 0 Å². The maximum Gasteiger partial charge on any atom is 0.273 e. The first kappa shape index (κ1) is 20.0. The van der Waals surface area contributed by atoms with Crippen LogP contribution in [0.2, 0.25) is 0 Å². The number of anilines is 2. The van der Waals surface area contributed by atoms with E-state index in [4.69, 9.17) is 14.2 Å². The molecule has 4 rings (SSSR count). The van der Waals surface area contributed by atoms with Crippen molar-refractivity contribution in [3.63, 3.8) is 0 Å². The number of carbonyl (C=O) groups excluding carboxylic acids is 1. The molecule has 1 N–H and O–H groups in total. The van der Waals surface area contributed by atoms with E-state index in [-0.39, 0.29) is 5.91 Å². The van der Waals surface area contributed by atoms with Gasteiger partial charge in [0.15, 0.2) is 5.13 Å². The fraction of sp³-hybridized carbons (Fsp3) is 0.273. The summed E-state index contributed by atoms with van der Waals surface area (Å²) in [6.07, 6.45) is 0.802. The van der Waals surface area contributed by atoms with Crippen LogP contribution in [-0.2, 0) is 13.0 Å². The third kappa shape index (κ3) is 4.04. The summed E-state index contributed by atoms with van der Waals surface area (Å²) in [5, 5.41) is 5.63. The SMILES string of the molecule is COc1ccc2c(c1)CCN(C(=O)c1csc(Nc3ccc(OC)cc3OC)n1)C2. The van der Waals surface area contributed by atoms with Crippen molar-refractivity contribution >= 4 is 28.1 Å². The Balaban J connectivity index is 1.47. The van der Waals surface area contributed by atoms with Crippen LogP contribution >= 0.6 is 11.3 Å². The molecule has 0 aliphatic carbocycles. The standard InChI is InChI=1S/C22H23N3O4S/c1-27-16-5-4-15-12-25(9-8-14(15)10-16)21(26)19-13-30-22(24-19)23-18-7-6-17(28-2)11-20(18)29-3/h4-7,10-11,13H,8-9,12H2,1-3H3,(H,23,24). The molecule has 3 aromatic rings. The van der Waals surface area contributed by atoms with Crippen LogP contribution in [0, 0.1) is 0 Å². The van der Waals surface area contributed by atoms with Gasteiger partial charge in [0, 0.05) is 24.5 Å². The molecule has 2 aromatic carbocycles. The van der Waals surface area contributed by atoms with Crippen LogP contribution in [0.4, 0.5) is 10.8 Å². The molecular weight excluding hydrogens is 402 g/mol. The van der Waals surface area contributed by atoms with E-state index < -0.39 is 0 Å². The highest BCUT2D eigenvalue weighted by Gasteiger charge is 2.24. The Hall–Kier alpha value is -3.26. The van der Waals surface area contributed by atoms with Crippen molar-refractivity contribution in [2.45, 2.75) is 13.0 Å². The predicted octanol–water partition coefficient (Wildman–Crippen LogP) is 4.11. The number of nitrogens with zero attached hydrogens (tertiary/aromatic N) is 2. The van der Waals surface area contributed by atoms with E-state index in [1.807, 2.05) is 35.2 Å². The van der Waals surface area contributed by atoms with Gasteiger partial charge in [-0.05, 0) is 41.8 Å². The van der Waals surface area contributed by atoms with Gasteiger partial charge in [-0.1, -0.05) is 6.07 Å². The van der Waals surface area contributed by atoms with E-state index in [0.29, 0.717) is 35.4 Å². The van der Waals surface area contributed by atoms with Gasteiger partial charge in [-0.25, -0.2) is 4.98 Å². The smallest absolute Gasteiger partial charge is 0.273 e. The maximum absolute atomic E-state index is 13.0. The summed E-state index contributed by atoms with van der Waals surface area (Å²) < 4.78 is 15.9. The Morgan fingerprint density at radius 3 is 2.57 bits per heavy atom. The van der Waals surface area contributed by atoms with Gasteiger partial charge in [-0.15, -0.1) is 11.3 Å². The van der Waals surface area contributed by atoms with Gasteiger partial charge >= 0.3 is 0 Å². The zero-order valence-corrected chi connectivity index (χ0v) is 17.9. The molecule has 0 fully saturated rings. The largest absolute Gasteiger partial charge is 0.497 e. The monoisotopic (exact) mass is 425 g/mol. The van der Waals surface area contributed by atoms with E-state index >= 15 is 0 Å². The number of hydrogen-bond acceptors (Lipinski definition) is 7. The van der Waals surface area contributed by atoms with Gasteiger partial charge in [0.2, 0.25) is 0 Å². The number of carbonyl (C=O) groups is 1. The molecule has 7 nitrogen and oxygen atoms in total. The van der Waals surface area contributed by atoms with E-state index in [1.165, 1.54) is 16.9 Å². The van der Waals surface area contributed by atoms with Crippen LogP contribution in [0.5, 0.6) is 17.2 Å². The Kier molecular flexibility index (Phi) is 5.76. The Bertz CT molecular complexity index is 1070. The molecule has 1 amide bonds. The normalized spacial score (nSPS) is 12.8. The van der Waals surface area contributed by atoms with Crippen LogP contribution in [0.15, 0.2) is 41.8 Å². The first-order valence-electron chi connectivity index (χ1n) is 9.51. The zero-order chi connectivity index (χ0) is 21.1. The lowest BCUT2D eigenvalue weighted by atomic mass is 9.99. The molecule has 2 heterocycles. The van der Waals surface area contributed by atoms with Crippen LogP contribution < -0.4 is 19.5 Å². The van der Waals surface area contributed by atoms with Crippen molar-refractivity contribution < 1.29 is 19.0 Å². The summed E-state index contributed by atoms with van der Waals surface area (Å²) in [4.78, 5) is 19.3. The van der Waals surface area contributed by atoms with E-state index in [1.54, 1.807) is 32.8 Å². The minimum Gasteiger partial charge on any atom is -0.497 e. The van der Waals surface area contributed by atoms with E-state index in [0.717, 1.165) is 23.4 Å². The molecule has 0 atom stereocenters. The highest BCUT2D eigenvalue weighted by Crippen LogP contribution is 2.33. The van der Waals surface area contributed by atoms with Gasteiger partial charge in [-0.2, -0.15) is 0 Å². The molecule has 30 heavy (non-hydrogen) atoms. The summed E-state index contributed by atoms with van der Waals surface area (Å²) in [5.41, 5.74) is 3.57. The Morgan fingerprint density at radius 2 is 1.80 bits per heavy atom. The number of benzene rings is 2. The first-order valence-corrected chi connectivity index (χ1v) is 10.4. The number of nitrogens with one attached hydrogen (secondary N) is 1. The average Bonchev–Trinajstić information content (AvgIpc) is 3.26. The van der Waals surface area contributed by atoms with Gasteiger partial charge in [0.25, 0.3) is 5.91 Å². The summed E-state index contributed by atoms with van der Waals surface area (Å²) in [7, 11) is 4.87. The number of amides is 1. The number of rotatable bonds is 6. The molecule has 1 aliphatic rings. The van der Waals surface area contributed by atoms with E-state index in [9.17, 15) is 4.79 Å². The van der Waals surface area contributed by atoms with Crippen molar-refractivity contribution in [3.8, 4) is 17.2 Å². The molecule has 8 heteroatoms. The predicted molar refractivity (Wildman–Crippen MR) is 116 cm³/mol. The van der Waals surface area contributed by atoms with Crippen molar-refractivity contribution in [2.24, 2.45) is 0 Å². The molecule has 0 saturated heterocycles. The molecule has 1 aliphatic heterocycles. The highest BCUT2D eigenvalue weighted by molar-refractivity contribution is 7.14. The molecule has 0 bridgehead atoms. The lowest BCUT2D eigenvalue weighted by Crippen LogP contribution is -2.36. The third-order valence-electron chi connectivity index (χ3n) is 5.09. The Morgan fingerprint density at radius 1 is 1.03 bits per heavy atom. The fourth-order valence-electron chi connectivity index (χ4n) is 3.44. The van der Waals surface area contributed by atoms with Crippen LogP contribution in [0.1, 0.15) is 21.6 Å². The second-order valence-corrected chi connectivity index (χ2v) is 7.70.